The van der Waals surface area contributed by atoms with E-state index in [1.54, 1.807) is 0 Å². The van der Waals surface area contributed by atoms with Gasteiger partial charge in [0.2, 0.25) is 5.91 Å². The Morgan fingerprint density at radius 3 is 2.53 bits per heavy atom. The van der Waals surface area contributed by atoms with Crippen LogP contribution in [0.2, 0.25) is 0 Å². The Kier molecular flexibility index (Phi) is 9.33. The molecule has 0 unspecified atom stereocenters. The summed E-state index contributed by atoms with van der Waals surface area (Å²) in [7, 11) is 0. The first-order chi connectivity index (χ1) is 22.7. The van der Waals surface area contributed by atoms with E-state index in [4.69, 9.17) is 20.7 Å². The van der Waals surface area contributed by atoms with Crippen LogP contribution in [0, 0.1) is 11.8 Å². The van der Waals surface area contributed by atoms with Gasteiger partial charge in [-0.2, -0.15) is 0 Å². The standard InChI is InChI=1S/C39H48N6O2/c1-7-25-21(3)29-18-31-23(5)27(13-14-36(47)41-16-12-10-9-11-15-40)38(44-31)28-17-35(46)37-24(6)32(45-39(28)37)20-34-26(8-2)22(4)30(43-34)19-33(25)42-29/h7,18-20,23,27,44,46H,1,8-17,40H2,2-6H3,(H,41,47)/t23-,27-/m0/s1. The van der Waals surface area contributed by atoms with E-state index in [0.717, 1.165) is 111 Å². The fourth-order valence-electron chi connectivity index (χ4n) is 7.61. The Morgan fingerprint density at radius 2 is 1.79 bits per heavy atom. The van der Waals surface area contributed by atoms with E-state index in [-0.39, 0.29) is 17.7 Å². The number of allylic oxidation sites excluding steroid dienone is 12. The van der Waals surface area contributed by atoms with Crippen molar-refractivity contribution in [2.45, 2.75) is 86.0 Å². The van der Waals surface area contributed by atoms with Crippen LogP contribution >= 0.6 is 0 Å². The third-order valence-corrected chi connectivity index (χ3v) is 10.4. The first kappa shape index (κ1) is 32.6. The van der Waals surface area contributed by atoms with Crippen molar-refractivity contribution in [2.24, 2.45) is 32.5 Å². The summed E-state index contributed by atoms with van der Waals surface area (Å²) in [6.45, 7) is 16.1. The number of fused-ring (bicyclic) bond motifs is 5. The number of carbonyl (C=O) groups excluding carboxylic acids is 1. The summed E-state index contributed by atoms with van der Waals surface area (Å²) in [4.78, 5) is 28.3. The number of hydrogen-bond acceptors (Lipinski definition) is 7. The van der Waals surface area contributed by atoms with Crippen molar-refractivity contribution in [3.05, 3.63) is 104 Å². The molecule has 0 spiro atoms. The van der Waals surface area contributed by atoms with Gasteiger partial charge in [-0.1, -0.05) is 39.3 Å². The van der Waals surface area contributed by atoms with Gasteiger partial charge in [0.25, 0.3) is 0 Å². The van der Waals surface area contributed by atoms with E-state index in [1.807, 2.05) is 13.0 Å². The van der Waals surface area contributed by atoms with E-state index in [1.165, 1.54) is 5.57 Å². The fourth-order valence-corrected chi connectivity index (χ4v) is 7.61. The first-order valence-corrected chi connectivity index (χ1v) is 17.2. The molecule has 1 aliphatic carbocycles. The maximum absolute atomic E-state index is 13.0. The van der Waals surface area contributed by atoms with Gasteiger partial charge in [0.15, 0.2) is 0 Å². The number of nitrogens with zero attached hydrogens (tertiary/aromatic N) is 3. The second-order valence-electron chi connectivity index (χ2n) is 13.3. The van der Waals surface area contributed by atoms with Gasteiger partial charge in [0.1, 0.15) is 5.76 Å². The Morgan fingerprint density at radius 1 is 1.04 bits per heavy atom. The zero-order chi connectivity index (χ0) is 33.4. The lowest BCUT2D eigenvalue weighted by atomic mass is 9.86. The molecule has 5 aliphatic heterocycles. The number of aliphatic hydroxyl groups is 1. The zero-order valence-electron chi connectivity index (χ0n) is 28.5. The largest absolute Gasteiger partial charge is 0.511 e. The number of aliphatic hydroxyl groups excluding tert-OH is 1. The van der Waals surface area contributed by atoms with Crippen LogP contribution in [0.1, 0.15) is 86.0 Å². The maximum atomic E-state index is 13.0. The molecule has 1 fully saturated rings. The van der Waals surface area contributed by atoms with Crippen molar-refractivity contribution >= 4 is 23.0 Å². The number of unbranched alkanes of at least 4 members (excludes halogenated alkanes) is 3. The number of nitrogens with two attached hydrogens (primary N) is 1. The summed E-state index contributed by atoms with van der Waals surface area (Å²) >= 11 is 0. The van der Waals surface area contributed by atoms with E-state index >= 15 is 0 Å². The minimum atomic E-state index is 0.0545. The van der Waals surface area contributed by atoms with Crippen LogP contribution in [0.5, 0.6) is 0 Å². The quantitative estimate of drug-likeness (QED) is 0.179. The molecule has 8 nitrogen and oxygen atoms in total. The van der Waals surface area contributed by atoms with Crippen molar-refractivity contribution in [2.75, 3.05) is 13.1 Å². The summed E-state index contributed by atoms with van der Waals surface area (Å²) in [5, 5.41) is 18.2. The van der Waals surface area contributed by atoms with E-state index in [9.17, 15) is 9.90 Å². The van der Waals surface area contributed by atoms with E-state index in [2.05, 4.69) is 63.1 Å². The van der Waals surface area contributed by atoms with Crippen molar-refractivity contribution in [3.8, 4) is 0 Å². The van der Waals surface area contributed by atoms with Gasteiger partial charge >= 0.3 is 0 Å². The lowest BCUT2D eigenvalue weighted by Crippen LogP contribution is -2.25. The highest BCUT2D eigenvalue weighted by molar-refractivity contribution is 6.21. The molecule has 0 aromatic heterocycles. The van der Waals surface area contributed by atoms with Crippen LogP contribution in [0.4, 0.5) is 0 Å². The third-order valence-electron chi connectivity index (χ3n) is 10.4. The first-order valence-electron chi connectivity index (χ1n) is 17.2. The number of aliphatic imine (C=N–C) groups is 3. The number of carbonyl (C=O) groups is 1. The molecule has 0 aromatic carbocycles. The molecule has 8 bridgehead atoms. The van der Waals surface area contributed by atoms with Gasteiger partial charge in [-0.3, -0.25) is 4.79 Å². The highest BCUT2D eigenvalue weighted by Crippen LogP contribution is 2.46. The number of rotatable bonds is 11. The molecule has 0 radical (unpaired) electrons. The maximum Gasteiger partial charge on any atom is 0.220 e. The molecule has 47 heavy (non-hydrogen) atoms. The number of hydrogen-bond donors (Lipinski definition) is 4. The van der Waals surface area contributed by atoms with E-state index < -0.39 is 0 Å². The van der Waals surface area contributed by atoms with Crippen LogP contribution < -0.4 is 16.4 Å². The molecular weight excluding hydrogens is 584 g/mol. The topological polar surface area (TPSA) is 124 Å². The Hall–Kier alpha value is -4.30. The predicted molar refractivity (Wildman–Crippen MR) is 192 cm³/mol. The van der Waals surface area contributed by atoms with Crippen molar-refractivity contribution in [3.63, 3.8) is 0 Å². The molecular formula is C39H48N6O2. The average Bonchev–Trinajstić information content (AvgIpc) is 3.80. The monoisotopic (exact) mass is 632 g/mol. The molecule has 1 saturated heterocycles. The molecule has 8 heteroatoms. The lowest BCUT2D eigenvalue weighted by Gasteiger charge is -2.18. The molecule has 1 amide bonds. The SMILES string of the molecule is C=CC1=C(C)C2=NC1=CC1=NC(=CC3=C(C)C4=C(O)CC(=C5NC(=C2)[C@@H](C)[C@@H]5CCC(=O)NCCCCCCN)C4=N3)C(CC)=C1C. The summed E-state index contributed by atoms with van der Waals surface area (Å²) in [6.07, 6.45) is 14.7. The van der Waals surface area contributed by atoms with Gasteiger partial charge in [-0.25, -0.2) is 15.0 Å². The van der Waals surface area contributed by atoms with Gasteiger partial charge in [0, 0.05) is 59.3 Å². The highest BCUT2D eigenvalue weighted by Gasteiger charge is 2.41. The molecule has 6 aliphatic rings. The third kappa shape index (κ3) is 6.00. The lowest BCUT2D eigenvalue weighted by molar-refractivity contribution is -0.121. The smallest absolute Gasteiger partial charge is 0.220 e. The molecule has 5 N–H and O–H groups in total. The molecule has 246 valence electrons. The second-order valence-corrected chi connectivity index (χ2v) is 13.3. The van der Waals surface area contributed by atoms with Crippen LogP contribution in [-0.4, -0.2) is 41.2 Å². The van der Waals surface area contributed by atoms with Crippen molar-refractivity contribution in [1.82, 2.24) is 10.6 Å². The summed E-state index contributed by atoms with van der Waals surface area (Å²) in [5.74, 6) is 0.578. The molecule has 0 aromatic rings. The Labute approximate surface area is 278 Å². The van der Waals surface area contributed by atoms with Gasteiger partial charge in [0.05, 0.1) is 34.2 Å². The van der Waals surface area contributed by atoms with E-state index in [0.29, 0.717) is 38.1 Å². The summed E-state index contributed by atoms with van der Waals surface area (Å²) < 4.78 is 0. The Bertz CT molecular complexity index is 1780. The van der Waals surface area contributed by atoms with Crippen molar-refractivity contribution < 1.29 is 9.90 Å². The van der Waals surface area contributed by atoms with Gasteiger partial charge < -0.3 is 21.5 Å². The molecule has 2 atom stereocenters. The summed E-state index contributed by atoms with van der Waals surface area (Å²) in [5.41, 5.74) is 20.1. The molecule has 0 saturated carbocycles. The molecule has 5 heterocycles. The van der Waals surface area contributed by atoms with Gasteiger partial charge in [-0.05, 0) is 93.5 Å². The average molecular weight is 633 g/mol. The van der Waals surface area contributed by atoms with Crippen molar-refractivity contribution in [1.29, 1.82) is 0 Å². The Balaban J connectivity index is 1.41. The zero-order valence-corrected chi connectivity index (χ0v) is 28.5. The fraction of sp³-hybridized carbons (Fsp3) is 0.436. The summed E-state index contributed by atoms with van der Waals surface area (Å²) in [6, 6.07) is 0. The number of nitrogens with one attached hydrogen (secondary N) is 2. The predicted octanol–water partition coefficient (Wildman–Crippen LogP) is 7.26. The molecule has 6 rings (SSSR count). The van der Waals surface area contributed by atoms with Gasteiger partial charge in [-0.15, -0.1) is 0 Å². The normalized spacial score (nSPS) is 23.3. The van der Waals surface area contributed by atoms with Crippen LogP contribution in [0.3, 0.4) is 0 Å². The minimum Gasteiger partial charge on any atom is -0.511 e. The minimum absolute atomic E-state index is 0.0545. The van der Waals surface area contributed by atoms with Crippen LogP contribution in [-0.2, 0) is 4.79 Å². The van der Waals surface area contributed by atoms with Crippen LogP contribution in [0.15, 0.2) is 119 Å². The second kappa shape index (κ2) is 13.4. The highest BCUT2D eigenvalue weighted by atomic mass is 16.3. The van der Waals surface area contributed by atoms with Crippen LogP contribution in [0.25, 0.3) is 0 Å². The number of amides is 1.